The topological polar surface area (TPSA) is 17.1 Å². The number of benzene rings is 1. The molecule has 0 fully saturated rings. The Labute approximate surface area is 81.5 Å². The molecule has 0 unspecified atom stereocenters. The number of hydrogen-bond donors (Lipinski definition) is 0. The zero-order valence-electron chi connectivity index (χ0n) is 7.09. The maximum atomic E-state index is 11.8. The lowest BCUT2D eigenvalue weighted by atomic mass is 10.1. The summed E-state index contributed by atoms with van der Waals surface area (Å²) >= 11 is 5.67. The van der Waals surface area contributed by atoms with Crippen molar-refractivity contribution in [2.24, 2.45) is 0 Å². The van der Waals surface area contributed by atoms with Crippen molar-refractivity contribution in [2.45, 2.75) is 12.8 Å². The summed E-state index contributed by atoms with van der Waals surface area (Å²) < 4.78 is 11.8. The number of Topliss-reactive ketones (excluding diaryl/α,β-unsaturated/α-hetero) is 1. The number of aryl methyl sites for hydroxylation is 1. The molecule has 1 aromatic rings. The van der Waals surface area contributed by atoms with Crippen molar-refractivity contribution in [1.82, 2.24) is 0 Å². The van der Waals surface area contributed by atoms with Crippen LogP contribution in [0.4, 0.5) is 4.39 Å². The van der Waals surface area contributed by atoms with Crippen molar-refractivity contribution < 1.29 is 9.18 Å². The van der Waals surface area contributed by atoms with Crippen LogP contribution >= 0.6 is 11.6 Å². The highest BCUT2D eigenvalue weighted by Gasteiger charge is 2.00. The lowest BCUT2D eigenvalue weighted by Gasteiger charge is -1.98. The second-order valence-corrected chi connectivity index (χ2v) is 3.24. The third kappa shape index (κ3) is 3.55. The molecule has 0 aliphatic rings. The van der Waals surface area contributed by atoms with E-state index in [1.807, 2.05) is 12.1 Å². The maximum absolute atomic E-state index is 11.8. The quantitative estimate of drug-likeness (QED) is 0.731. The molecule has 0 saturated heterocycles. The van der Waals surface area contributed by atoms with E-state index in [0.717, 1.165) is 5.56 Å². The van der Waals surface area contributed by atoms with E-state index in [1.165, 1.54) is 0 Å². The monoisotopic (exact) mass is 200 g/mol. The normalized spacial score (nSPS) is 10.0. The van der Waals surface area contributed by atoms with Gasteiger partial charge in [-0.1, -0.05) is 23.7 Å². The highest BCUT2D eigenvalue weighted by Crippen LogP contribution is 2.10. The third-order valence-corrected chi connectivity index (χ3v) is 2.01. The molecule has 0 spiro atoms. The molecular weight excluding hydrogens is 191 g/mol. The van der Waals surface area contributed by atoms with E-state index in [2.05, 4.69) is 0 Å². The minimum absolute atomic E-state index is 0.262. The van der Waals surface area contributed by atoms with Gasteiger partial charge in [0.1, 0.15) is 6.67 Å². The van der Waals surface area contributed by atoms with Crippen LogP contribution in [0.15, 0.2) is 24.3 Å². The van der Waals surface area contributed by atoms with Crippen molar-refractivity contribution in [3.05, 3.63) is 34.9 Å². The largest absolute Gasteiger partial charge is 0.297 e. The Morgan fingerprint density at radius 2 is 1.92 bits per heavy atom. The van der Waals surface area contributed by atoms with Crippen LogP contribution in [0, 0.1) is 0 Å². The van der Waals surface area contributed by atoms with Crippen molar-refractivity contribution in [1.29, 1.82) is 0 Å². The summed E-state index contributed by atoms with van der Waals surface area (Å²) in [4.78, 5) is 10.7. The van der Waals surface area contributed by atoms with Crippen LogP contribution in [0.3, 0.4) is 0 Å². The van der Waals surface area contributed by atoms with Crippen LogP contribution in [0.2, 0.25) is 5.02 Å². The number of alkyl halides is 1. The number of halogens is 2. The lowest BCUT2D eigenvalue weighted by molar-refractivity contribution is -0.119. The Bertz CT molecular complexity index is 281. The molecule has 0 aliphatic carbocycles. The molecule has 0 aliphatic heterocycles. The zero-order valence-corrected chi connectivity index (χ0v) is 7.85. The Hall–Kier alpha value is -0.890. The van der Waals surface area contributed by atoms with Gasteiger partial charge in [0.2, 0.25) is 0 Å². The average Bonchev–Trinajstić information content (AvgIpc) is 2.16. The van der Waals surface area contributed by atoms with Crippen LogP contribution < -0.4 is 0 Å². The van der Waals surface area contributed by atoms with Gasteiger partial charge in [-0.25, -0.2) is 4.39 Å². The van der Waals surface area contributed by atoms with E-state index in [9.17, 15) is 9.18 Å². The molecule has 3 heteroatoms. The van der Waals surface area contributed by atoms with Crippen molar-refractivity contribution >= 4 is 17.4 Å². The van der Waals surface area contributed by atoms with Crippen LogP contribution in [-0.2, 0) is 11.2 Å². The van der Waals surface area contributed by atoms with Gasteiger partial charge in [0.15, 0.2) is 5.78 Å². The molecule has 13 heavy (non-hydrogen) atoms. The number of carbonyl (C=O) groups excluding carboxylic acids is 1. The summed E-state index contributed by atoms with van der Waals surface area (Å²) in [5, 5.41) is 0.667. The van der Waals surface area contributed by atoms with Crippen molar-refractivity contribution in [3.8, 4) is 0 Å². The molecule has 0 atom stereocenters. The second-order valence-electron chi connectivity index (χ2n) is 2.80. The molecular formula is C10H10ClFO. The fourth-order valence-corrected chi connectivity index (χ4v) is 1.13. The second kappa shape index (κ2) is 4.97. The van der Waals surface area contributed by atoms with E-state index >= 15 is 0 Å². The van der Waals surface area contributed by atoms with Crippen LogP contribution in [0.5, 0.6) is 0 Å². The highest BCUT2D eigenvalue weighted by atomic mass is 35.5. The molecule has 1 nitrogen and oxygen atoms in total. The first-order valence-electron chi connectivity index (χ1n) is 4.04. The first-order chi connectivity index (χ1) is 6.22. The van der Waals surface area contributed by atoms with Crippen molar-refractivity contribution in [3.63, 3.8) is 0 Å². The van der Waals surface area contributed by atoms with E-state index < -0.39 is 6.67 Å². The summed E-state index contributed by atoms with van der Waals surface area (Å²) in [5.41, 5.74) is 1.01. The molecule has 0 saturated carbocycles. The van der Waals surface area contributed by atoms with E-state index in [0.29, 0.717) is 11.4 Å². The summed E-state index contributed by atoms with van der Waals surface area (Å²) in [5.74, 6) is -0.352. The van der Waals surface area contributed by atoms with Gasteiger partial charge in [0.25, 0.3) is 0 Å². The van der Waals surface area contributed by atoms with Gasteiger partial charge in [0.05, 0.1) is 0 Å². The number of ketones is 1. The third-order valence-electron chi connectivity index (χ3n) is 1.75. The van der Waals surface area contributed by atoms with E-state index in [4.69, 9.17) is 11.6 Å². The lowest BCUT2D eigenvalue weighted by Crippen LogP contribution is -2.01. The van der Waals surface area contributed by atoms with Crippen LogP contribution in [0.1, 0.15) is 12.0 Å². The number of rotatable bonds is 4. The zero-order chi connectivity index (χ0) is 9.68. The molecule has 1 aromatic carbocycles. The number of carbonyl (C=O) groups is 1. The van der Waals surface area contributed by atoms with Gasteiger partial charge in [-0.05, 0) is 24.1 Å². The number of hydrogen-bond acceptors (Lipinski definition) is 1. The Morgan fingerprint density at radius 1 is 1.31 bits per heavy atom. The smallest absolute Gasteiger partial charge is 0.164 e. The van der Waals surface area contributed by atoms with Crippen LogP contribution in [-0.4, -0.2) is 12.5 Å². The first-order valence-corrected chi connectivity index (χ1v) is 4.42. The SMILES string of the molecule is O=C(CF)CCc1ccc(Cl)cc1. The van der Waals surface area contributed by atoms with Gasteiger partial charge in [-0.2, -0.15) is 0 Å². The fraction of sp³-hybridized carbons (Fsp3) is 0.300. The van der Waals surface area contributed by atoms with Crippen molar-refractivity contribution in [2.75, 3.05) is 6.67 Å². The standard InChI is InChI=1S/C10H10ClFO/c11-9-4-1-8(2-5-9)3-6-10(13)7-12/h1-2,4-5H,3,6-7H2. The van der Waals surface area contributed by atoms with Crippen LogP contribution in [0.25, 0.3) is 0 Å². The highest BCUT2D eigenvalue weighted by molar-refractivity contribution is 6.30. The summed E-state index contributed by atoms with van der Waals surface area (Å²) in [6.07, 6.45) is 0.845. The fourth-order valence-electron chi connectivity index (χ4n) is 1.00. The molecule has 1 rings (SSSR count). The maximum Gasteiger partial charge on any atom is 0.164 e. The Morgan fingerprint density at radius 3 is 2.46 bits per heavy atom. The Balaban J connectivity index is 2.46. The summed E-state index contributed by atoms with van der Waals surface area (Å²) in [6, 6.07) is 7.20. The first kappa shape index (κ1) is 10.2. The average molecular weight is 201 g/mol. The molecule has 0 amide bonds. The predicted molar refractivity (Wildman–Crippen MR) is 50.8 cm³/mol. The van der Waals surface area contributed by atoms with Gasteiger partial charge < -0.3 is 0 Å². The van der Waals surface area contributed by atoms with Gasteiger partial charge >= 0.3 is 0 Å². The Kier molecular flexibility index (Phi) is 3.90. The van der Waals surface area contributed by atoms with Gasteiger partial charge in [-0.15, -0.1) is 0 Å². The van der Waals surface area contributed by atoms with Gasteiger partial charge in [0, 0.05) is 11.4 Å². The molecule has 0 radical (unpaired) electrons. The summed E-state index contributed by atoms with van der Waals surface area (Å²) in [7, 11) is 0. The van der Waals surface area contributed by atoms with E-state index in [1.54, 1.807) is 12.1 Å². The molecule has 0 N–H and O–H groups in total. The van der Waals surface area contributed by atoms with E-state index in [-0.39, 0.29) is 12.2 Å². The van der Waals surface area contributed by atoms with Gasteiger partial charge in [-0.3, -0.25) is 4.79 Å². The molecule has 0 aromatic heterocycles. The predicted octanol–water partition coefficient (Wildman–Crippen LogP) is 2.81. The molecule has 0 heterocycles. The molecule has 0 bridgehead atoms. The summed E-state index contributed by atoms with van der Waals surface area (Å²) in [6.45, 7) is -0.867. The minimum atomic E-state index is -0.867. The minimum Gasteiger partial charge on any atom is -0.297 e. The molecule has 70 valence electrons.